The number of anilines is 1. The lowest BCUT2D eigenvalue weighted by Crippen LogP contribution is -2.33. The Bertz CT molecular complexity index is 1000. The smallest absolute Gasteiger partial charge is 0.274 e. The second-order valence-electron chi connectivity index (χ2n) is 8.10. The summed E-state index contributed by atoms with van der Waals surface area (Å²) in [5.41, 5.74) is 6.29. The van der Waals surface area contributed by atoms with Crippen molar-refractivity contribution in [1.82, 2.24) is 10.2 Å². The van der Waals surface area contributed by atoms with Crippen molar-refractivity contribution >= 4 is 17.2 Å². The number of carbonyl (C=O) groups is 1. The largest absolute Gasteiger partial charge is 0.378 e. The lowest BCUT2D eigenvalue weighted by atomic mass is 9.97. The van der Waals surface area contributed by atoms with Gasteiger partial charge in [0.2, 0.25) is 0 Å². The van der Waals surface area contributed by atoms with Crippen molar-refractivity contribution in [2.24, 2.45) is 0 Å². The minimum atomic E-state index is 0.0293. The molecule has 0 fully saturated rings. The molecule has 1 unspecified atom stereocenters. The highest BCUT2D eigenvalue weighted by Crippen LogP contribution is 2.37. The Hall–Kier alpha value is -3.27. The molecule has 0 saturated carbocycles. The van der Waals surface area contributed by atoms with Crippen LogP contribution >= 0.6 is 0 Å². The Labute approximate surface area is 192 Å². The Kier molecular flexibility index (Phi) is 7.93. The molecule has 1 heterocycles. The van der Waals surface area contributed by atoms with Crippen LogP contribution < -0.4 is 10.2 Å². The monoisotopic (exact) mass is 429 g/mol. The molecule has 1 aliphatic heterocycles. The zero-order valence-corrected chi connectivity index (χ0v) is 19.9. The molecule has 2 aromatic carbocycles. The highest BCUT2D eigenvalue weighted by molar-refractivity contribution is 6.02. The Balaban J connectivity index is 0.00000141. The fraction of sp³-hybridized carbons (Fsp3) is 0.321. The molecule has 4 heteroatoms. The van der Waals surface area contributed by atoms with E-state index in [1.54, 1.807) is 4.90 Å². The number of hydrogen-bond donors (Lipinski definition) is 1. The molecule has 2 aromatic rings. The number of hydrogen-bond acceptors (Lipinski definition) is 3. The van der Waals surface area contributed by atoms with Gasteiger partial charge in [-0.1, -0.05) is 68.5 Å². The Morgan fingerprint density at radius 3 is 2.25 bits per heavy atom. The topological polar surface area (TPSA) is 35.6 Å². The van der Waals surface area contributed by atoms with Crippen LogP contribution in [0.2, 0.25) is 0 Å². The molecule has 4 rings (SSSR count). The first-order valence-corrected chi connectivity index (χ1v) is 11.5. The van der Waals surface area contributed by atoms with Gasteiger partial charge in [0, 0.05) is 32.5 Å². The highest BCUT2D eigenvalue weighted by Gasteiger charge is 2.31. The van der Waals surface area contributed by atoms with Gasteiger partial charge in [-0.25, -0.2) is 0 Å². The van der Waals surface area contributed by atoms with E-state index in [9.17, 15) is 4.79 Å². The summed E-state index contributed by atoms with van der Waals surface area (Å²) in [4.78, 5) is 17.4. The summed E-state index contributed by atoms with van der Waals surface area (Å²) >= 11 is 0. The molecule has 1 atom stereocenters. The van der Waals surface area contributed by atoms with E-state index < -0.39 is 0 Å². The standard InChI is InChI=1S/C26H29N3O.C2H6/c1-28(2)21-16-14-19(15-17-21)23-18-24(20-10-6-4-7-11-20)27-25(23)26(30)29(3)22-12-8-5-9-13-22;1-2/h4-8,10-12,14-17,24,27H,9,13,18H2,1-3H3;1-2H3. The maximum Gasteiger partial charge on any atom is 0.274 e. The van der Waals surface area contributed by atoms with Crippen molar-refractivity contribution in [3.8, 4) is 0 Å². The number of likely N-dealkylation sites (N-methyl/N-ethyl adjacent to an activating group) is 1. The maximum absolute atomic E-state index is 13.5. The second-order valence-corrected chi connectivity index (χ2v) is 8.10. The molecule has 0 spiro atoms. The molecular formula is C28H35N3O. The summed E-state index contributed by atoms with van der Waals surface area (Å²) in [6.45, 7) is 4.00. The lowest BCUT2D eigenvalue weighted by Gasteiger charge is -2.24. The van der Waals surface area contributed by atoms with Gasteiger partial charge in [-0.15, -0.1) is 0 Å². The van der Waals surface area contributed by atoms with Gasteiger partial charge < -0.3 is 15.1 Å². The third kappa shape index (κ3) is 5.13. The SMILES string of the molecule is CC.CN(C(=O)C1=C(c2ccc(N(C)C)cc2)CC(c2ccccc2)N1)C1=CC=CCC1. The van der Waals surface area contributed by atoms with E-state index in [0.29, 0.717) is 5.70 Å². The number of carbonyl (C=O) groups excluding carboxylic acids is 1. The zero-order valence-electron chi connectivity index (χ0n) is 19.9. The average Bonchev–Trinajstić information content (AvgIpc) is 3.31. The summed E-state index contributed by atoms with van der Waals surface area (Å²) in [5.74, 6) is 0.0293. The Morgan fingerprint density at radius 2 is 1.66 bits per heavy atom. The molecule has 168 valence electrons. The van der Waals surface area contributed by atoms with Crippen molar-refractivity contribution in [3.05, 3.63) is 95.3 Å². The van der Waals surface area contributed by atoms with Crippen LogP contribution in [0.5, 0.6) is 0 Å². The molecule has 0 bridgehead atoms. The molecule has 1 aliphatic carbocycles. The minimum Gasteiger partial charge on any atom is -0.378 e. The number of rotatable bonds is 5. The summed E-state index contributed by atoms with van der Waals surface area (Å²) in [7, 11) is 5.95. The third-order valence-corrected chi connectivity index (χ3v) is 5.90. The third-order valence-electron chi connectivity index (χ3n) is 5.90. The van der Waals surface area contributed by atoms with Gasteiger partial charge in [-0.05, 0) is 54.2 Å². The first-order chi connectivity index (χ1) is 15.5. The second kappa shape index (κ2) is 10.9. The van der Waals surface area contributed by atoms with Gasteiger partial charge in [0.05, 0.1) is 6.04 Å². The molecule has 1 N–H and O–H groups in total. The van der Waals surface area contributed by atoms with Crippen LogP contribution in [0.3, 0.4) is 0 Å². The molecule has 0 saturated heterocycles. The van der Waals surface area contributed by atoms with Crippen molar-refractivity contribution in [2.75, 3.05) is 26.0 Å². The van der Waals surface area contributed by atoms with Crippen molar-refractivity contribution in [3.63, 3.8) is 0 Å². The summed E-state index contributed by atoms with van der Waals surface area (Å²) in [6.07, 6.45) is 8.86. The molecule has 0 radical (unpaired) electrons. The number of amides is 1. The van der Waals surface area contributed by atoms with Gasteiger partial charge >= 0.3 is 0 Å². The average molecular weight is 430 g/mol. The van der Waals surface area contributed by atoms with E-state index in [0.717, 1.165) is 41.8 Å². The van der Waals surface area contributed by atoms with E-state index in [1.165, 1.54) is 5.56 Å². The van der Waals surface area contributed by atoms with Crippen molar-refractivity contribution in [2.45, 2.75) is 39.2 Å². The Morgan fingerprint density at radius 1 is 0.969 bits per heavy atom. The van der Waals surface area contributed by atoms with E-state index in [1.807, 2.05) is 65.3 Å². The van der Waals surface area contributed by atoms with Crippen molar-refractivity contribution < 1.29 is 4.79 Å². The highest BCUT2D eigenvalue weighted by atomic mass is 16.2. The predicted octanol–water partition coefficient (Wildman–Crippen LogP) is 5.92. The van der Waals surface area contributed by atoms with Gasteiger partial charge in [0.25, 0.3) is 5.91 Å². The fourth-order valence-corrected chi connectivity index (χ4v) is 4.09. The normalized spacial score (nSPS) is 17.2. The number of allylic oxidation sites excluding steroid dienone is 4. The van der Waals surface area contributed by atoms with Crippen LogP contribution in [0.1, 0.15) is 50.3 Å². The quantitative estimate of drug-likeness (QED) is 0.641. The van der Waals surface area contributed by atoms with Crippen LogP contribution in [0, 0.1) is 0 Å². The first kappa shape index (κ1) is 23.4. The van der Waals surface area contributed by atoms with Crippen LogP contribution in [0.4, 0.5) is 5.69 Å². The summed E-state index contributed by atoms with van der Waals surface area (Å²) < 4.78 is 0. The molecule has 2 aliphatic rings. The van der Waals surface area contributed by atoms with Gasteiger partial charge in [-0.3, -0.25) is 4.79 Å². The number of nitrogens with zero attached hydrogens (tertiary/aromatic N) is 2. The minimum absolute atomic E-state index is 0.0293. The first-order valence-electron chi connectivity index (χ1n) is 11.5. The predicted molar refractivity (Wildman–Crippen MR) is 135 cm³/mol. The molecule has 1 amide bonds. The maximum atomic E-state index is 13.5. The zero-order chi connectivity index (χ0) is 23.1. The fourth-order valence-electron chi connectivity index (χ4n) is 4.09. The van der Waals surface area contributed by atoms with Gasteiger partial charge in [0.15, 0.2) is 0 Å². The molecule has 4 nitrogen and oxygen atoms in total. The van der Waals surface area contributed by atoms with Crippen LogP contribution in [0.25, 0.3) is 5.57 Å². The lowest BCUT2D eigenvalue weighted by molar-refractivity contribution is -0.124. The van der Waals surface area contributed by atoms with E-state index in [-0.39, 0.29) is 11.9 Å². The summed E-state index contributed by atoms with van der Waals surface area (Å²) in [6, 6.07) is 18.9. The van der Waals surface area contributed by atoms with E-state index in [2.05, 4.69) is 52.7 Å². The van der Waals surface area contributed by atoms with Gasteiger partial charge in [-0.2, -0.15) is 0 Å². The van der Waals surface area contributed by atoms with E-state index in [4.69, 9.17) is 0 Å². The van der Waals surface area contributed by atoms with Crippen LogP contribution in [-0.4, -0.2) is 32.0 Å². The number of benzene rings is 2. The van der Waals surface area contributed by atoms with Crippen LogP contribution in [-0.2, 0) is 4.79 Å². The number of nitrogens with one attached hydrogen (secondary N) is 1. The van der Waals surface area contributed by atoms with Gasteiger partial charge in [0.1, 0.15) is 5.70 Å². The van der Waals surface area contributed by atoms with Crippen molar-refractivity contribution in [1.29, 1.82) is 0 Å². The summed E-state index contributed by atoms with van der Waals surface area (Å²) in [5, 5.41) is 3.55. The van der Waals surface area contributed by atoms with Crippen LogP contribution in [0.15, 0.2) is 84.2 Å². The molecule has 32 heavy (non-hydrogen) atoms. The molecular weight excluding hydrogens is 394 g/mol. The van der Waals surface area contributed by atoms with E-state index >= 15 is 0 Å². The molecule has 0 aromatic heterocycles.